The van der Waals surface area contributed by atoms with Crippen LogP contribution < -0.4 is 0 Å². The number of carbonyl (C=O) groups is 1. The number of aryl methyl sites for hydroxylation is 1. The Hall–Kier alpha value is -2.23. The molecule has 4 heteroatoms. The summed E-state index contributed by atoms with van der Waals surface area (Å²) in [6.45, 7) is 0. The van der Waals surface area contributed by atoms with Gasteiger partial charge in [0.25, 0.3) is 0 Å². The van der Waals surface area contributed by atoms with E-state index in [1.54, 1.807) is 12.3 Å². The van der Waals surface area contributed by atoms with Crippen molar-refractivity contribution in [1.29, 1.82) is 0 Å². The van der Waals surface area contributed by atoms with E-state index >= 15 is 0 Å². The lowest BCUT2D eigenvalue weighted by Crippen LogP contribution is -2.13. The molecule has 0 saturated carbocycles. The normalized spacial score (nSPS) is 17.0. The molecule has 3 rings (SSSR count). The highest BCUT2D eigenvalue weighted by atomic mass is 19.1. The van der Waals surface area contributed by atoms with Crippen molar-refractivity contribution in [3.63, 3.8) is 0 Å². The number of fused-ring (bicyclic) bond motifs is 1. The molecule has 1 aromatic carbocycles. The number of benzene rings is 1. The Morgan fingerprint density at radius 1 is 1.36 bits per heavy atom. The maximum atomic E-state index is 13.9. The summed E-state index contributed by atoms with van der Waals surface area (Å²) in [4.78, 5) is 15.3. The Labute approximate surface area is 128 Å². The molecule has 22 heavy (non-hydrogen) atoms. The van der Waals surface area contributed by atoms with Gasteiger partial charge in [0.15, 0.2) is 0 Å². The molecule has 0 fully saturated rings. The summed E-state index contributed by atoms with van der Waals surface area (Å²) < 4.78 is 13.9. The second-order valence-electron chi connectivity index (χ2n) is 5.77. The molecule has 0 aliphatic heterocycles. The number of hydrogen-bond acceptors (Lipinski definition) is 2. The zero-order valence-electron chi connectivity index (χ0n) is 12.3. The number of carboxylic acid groups (broad SMARTS) is 1. The molecular formula is C18H18FNO2. The first-order valence-corrected chi connectivity index (χ1v) is 7.60. The third-order valence-corrected chi connectivity index (χ3v) is 4.47. The van der Waals surface area contributed by atoms with Crippen LogP contribution in [-0.2, 0) is 12.8 Å². The van der Waals surface area contributed by atoms with Crippen molar-refractivity contribution in [2.75, 3.05) is 0 Å². The molecule has 114 valence electrons. The fraction of sp³-hybridized carbons (Fsp3) is 0.333. The monoisotopic (exact) mass is 299 g/mol. The number of nitrogens with zero attached hydrogens (tertiary/aromatic N) is 1. The zero-order valence-corrected chi connectivity index (χ0v) is 12.3. The number of rotatable bonds is 4. The van der Waals surface area contributed by atoms with Gasteiger partial charge >= 0.3 is 5.97 Å². The van der Waals surface area contributed by atoms with Gasteiger partial charge in [0.05, 0.1) is 5.56 Å². The van der Waals surface area contributed by atoms with Gasteiger partial charge in [-0.15, -0.1) is 0 Å². The number of pyridine rings is 1. The van der Waals surface area contributed by atoms with E-state index in [1.807, 2.05) is 6.07 Å². The first-order valence-electron chi connectivity index (χ1n) is 7.60. The van der Waals surface area contributed by atoms with Crippen LogP contribution in [0.4, 0.5) is 4.39 Å². The third kappa shape index (κ3) is 2.86. The van der Waals surface area contributed by atoms with Crippen LogP contribution in [0, 0.1) is 5.82 Å². The molecule has 0 saturated heterocycles. The van der Waals surface area contributed by atoms with Gasteiger partial charge in [-0.05, 0) is 66.8 Å². The molecule has 0 bridgehead atoms. The molecule has 2 aromatic rings. The predicted octanol–water partition coefficient (Wildman–Crippen LogP) is 3.97. The molecule has 0 unspecified atom stereocenters. The largest absolute Gasteiger partial charge is 0.478 e. The standard InChI is InChI=1S/C18H18FNO2/c19-17-6-2-4-14-12(3-1-5-16(14)17)7-8-13-11-20-10-9-15(13)18(21)22/h2,4,6,9-12H,1,3,5,7-8H2,(H,21,22)/t12-/m1/s1. The van der Waals surface area contributed by atoms with Crippen LogP contribution in [0.1, 0.15) is 52.2 Å². The van der Waals surface area contributed by atoms with Gasteiger partial charge in [0.1, 0.15) is 5.82 Å². The van der Waals surface area contributed by atoms with Crippen LogP contribution in [0.25, 0.3) is 0 Å². The van der Waals surface area contributed by atoms with Crippen molar-refractivity contribution in [3.8, 4) is 0 Å². The fourth-order valence-electron chi connectivity index (χ4n) is 3.37. The second kappa shape index (κ2) is 6.26. The van der Waals surface area contributed by atoms with Gasteiger partial charge in [-0.25, -0.2) is 9.18 Å². The van der Waals surface area contributed by atoms with Crippen molar-refractivity contribution < 1.29 is 14.3 Å². The number of aromatic carboxylic acids is 1. The van der Waals surface area contributed by atoms with Crippen molar-refractivity contribution >= 4 is 5.97 Å². The van der Waals surface area contributed by atoms with E-state index < -0.39 is 5.97 Å². The maximum Gasteiger partial charge on any atom is 0.336 e. The van der Waals surface area contributed by atoms with Gasteiger partial charge in [-0.3, -0.25) is 4.98 Å². The Bertz CT molecular complexity index is 699. The third-order valence-electron chi connectivity index (χ3n) is 4.47. The average Bonchev–Trinajstić information content (AvgIpc) is 2.53. The Morgan fingerprint density at radius 2 is 2.23 bits per heavy atom. The SMILES string of the molecule is O=C(O)c1ccncc1CC[C@H]1CCCc2c(F)cccc21. The van der Waals surface area contributed by atoms with Crippen molar-refractivity contribution in [1.82, 2.24) is 4.98 Å². The Morgan fingerprint density at radius 3 is 3.05 bits per heavy atom. The molecule has 1 N–H and O–H groups in total. The molecule has 1 aliphatic carbocycles. The lowest BCUT2D eigenvalue weighted by molar-refractivity contribution is 0.0695. The van der Waals surface area contributed by atoms with Gasteiger partial charge < -0.3 is 5.11 Å². The first-order chi connectivity index (χ1) is 10.7. The van der Waals surface area contributed by atoms with Crippen LogP contribution in [0.2, 0.25) is 0 Å². The minimum absolute atomic E-state index is 0.116. The van der Waals surface area contributed by atoms with Crippen LogP contribution in [0.15, 0.2) is 36.7 Å². The fourth-order valence-corrected chi connectivity index (χ4v) is 3.37. The lowest BCUT2D eigenvalue weighted by atomic mass is 9.79. The number of halogens is 1. The maximum absolute atomic E-state index is 13.9. The Balaban J connectivity index is 1.79. The van der Waals surface area contributed by atoms with E-state index in [1.165, 1.54) is 18.3 Å². The number of aromatic nitrogens is 1. The molecular weight excluding hydrogens is 281 g/mol. The summed E-state index contributed by atoms with van der Waals surface area (Å²) in [6, 6.07) is 6.82. The summed E-state index contributed by atoms with van der Waals surface area (Å²) in [5, 5.41) is 9.22. The van der Waals surface area contributed by atoms with Crippen LogP contribution in [-0.4, -0.2) is 16.1 Å². The summed E-state index contributed by atoms with van der Waals surface area (Å²) in [5.74, 6) is -0.747. The van der Waals surface area contributed by atoms with E-state index in [9.17, 15) is 14.3 Å². The molecule has 0 spiro atoms. The summed E-state index contributed by atoms with van der Waals surface area (Å²) in [7, 11) is 0. The van der Waals surface area contributed by atoms with E-state index in [4.69, 9.17) is 0 Å². The molecule has 1 heterocycles. The quantitative estimate of drug-likeness (QED) is 0.929. The van der Waals surface area contributed by atoms with Crippen molar-refractivity contribution in [2.24, 2.45) is 0 Å². The molecule has 3 nitrogen and oxygen atoms in total. The first kappa shape index (κ1) is 14.7. The molecule has 0 radical (unpaired) electrons. The highest BCUT2D eigenvalue weighted by Crippen LogP contribution is 2.36. The minimum atomic E-state index is -0.924. The van der Waals surface area contributed by atoms with Crippen LogP contribution in [0.3, 0.4) is 0 Å². The molecule has 0 amide bonds. The minimum Gasteiger partial charge on any atom is -0.478 e. The average molecular weight is 299 g/mol. The van der Waals surface area contributed by atoms with Crippen LogP contribution in [0.5, 0.6) is 0 Å². The topological polar surface area (TPSA) is 50.2 Å². The Kier molecular flexibility index (Phi) is 4.18. The highest BCUT2D eigenvalue weighted by molar-refractivity contribution is 5.89. The summed E-state index contributed by atoms with van der Waals surface area (Å²) >= 11 is 0. The van der Waals surface area contributed by atoms with Crippen molar-refractivity contribution in [2.45, 2.75) is 38.0 Å². The summed E-state index contributed by atoms with van der Waals surface area (Å²) in [6.07, 6.45) is 7.40. The highest BCUT2D eigenvalue weighted by Gasteiger charge is 2.22. The second-order valence-corrected chi connectivity index (χ2v) is 5.77. The number of hydrogen-bond donors (Lipinski definition) is 1. The predicted molar refractivity (Wildman–Crippen MR) is 81.6 cm³/mol. The van der Waals surface area contributed by atoms with E-state index in [0.717, 1.165) is 42.4 Å². The van der Waals surface area contributed by atoms with Gasteiger partial charge in [-0.1, -0.05) is 12.1 Å². The van der Waals surface area contributed by atoms with E-state index in [-0.39, 0.29) is 5.82 Å². The van der Waals surface area contributed by atoms with E-state index in [2.05, 4.69) is 4.98 Å². The molecule has 1 atom stereocenters. The summed E-state index contributed by atoms with van der Waals surface area (Å²) in [5.41, 5.74) is 2.99. The van der Waals surface area contributed by atoms with Gasteiger partial charge in [0, 0.05) is 12.4 Å². The zero-order chi connectivity index (χ0) is 15.5. The van der Waals surface area contributed by atoms with Gasteiger partial charge in [-0.2, -0.15) is 0 Å². The smallest absolute Gasteiger partial charge is 0.336 e. The molecule has 1 aromatic heterocycles. The van der Waals surface area contributed by atoms with Crippen molar-refractivity contribution in [3.05, 3.63) is 64.7 Å². The molecule has 1 aliphatic rings. The van der Waals surface area contributed by atoms with Gasteiger partial charge in [0.2, 0.25) is 0 Å². The lowest BCUT2D eigenvalue weighted by Gasteiger charge is -2.26. The van der Waals surface area contributed by atoms with Crippen LogP contribution >= 0.6 is 0 Å². The van der Waals surface area contributed by atoms with E-state index in [0.29, 0.717) is 17.9 Å². The number of carboxylic acids is 1.